The topological polar surface area (TPSA) is 20.3 Å². The molecule has 94 valence electrons. The van der Waals surface area contributed by atoms with Gasteiger partial charge in [0.2, 0.25) is 0 Å². The van der Waals surface area contributed by atoms with E-state index in [2.05, 4.69) is 34.7 Å². The molecular formula is C13H18BrNOS. The van der Waals surface area contributed by atoms with Crippen LogP contribution in [-0.2, 0) is 0 Å². The molecule has 2 unspecified atom stereocenters. The van der Waals surface area contributed by atoms with Gasteiger partial charge in [-0.1, -0.05) is 6.92 Å². The molecule has 0 aliphatic carbocycles. The highest BCUT2D eigenvalue weighted by Gasteiger charge is 2.27. The second kappa shape index (κ2) is 5.63. The highest BCUT2D eigenvalue weighted by Crippen LogP contribution is 2.26. The standard InChI is InChI=1S/C13H18BrNOS/c1-9-4-3-6-15(10(9)2)8-12(16)13-11(14)5-7-17-13/h5,7,9-10H,3-4,6,8H2,1-2H3. The van der Waals surface area contributed by atoms with Gasteiger partial charge in [0.05, 0.1) is 11.4 Å². The molecule has 0 radical (unpaired) electrons. The average molecular weight is 316 g/mol. The van der Waals surface area contributed by atoms with Crippen LogP contribution in [0.25, 0.3) is 0 Å². The molecule has 2 nitrogen and oxygen atoms in total. The van der Waals surface area contributed by atoms with E-state index in [0.29, 0.717) is 18.5 Å². The number of nitrogens with zero attached hydrogens (tertiary/aromatic N) is 1. The van der Waals surface area contributed by atoms with Crippen LogP contribution >= 0.6 is 27.3 Å². The van der Waals surface area contributed by atoms with Gasteiger partial charge in [-0.3, -0.25) is 9.69 Å². The first kappa shape index (κ1) is 13.2. The fourth-order valence-electron chi connectivity index (χ4n) is 2.39. The van der Waals surface area contributed by atoms with E-state index >= 15 is 0 Å². The van der Waals surface area contributed by atoms with Crippen LogP contribution < -0.4 is 0 Å². The summed E-state index contributed by atoms with van der Waals surface area (Å²) in [7, 11) is 0. The Morgan fingerprint density at radius 2 is 2.35 bits per heavy atom. The predicted octanol–water partition coefficient (Wildman–Crippen LogP) is 3.81. The fourth-order valence-corrected chi connectivity index (χ4v) is 3.92. The van der Waals surface area contributed by atoms with E-state index in [1.807, 2.05) is 11.4 Å². The molecule has 0 spiro atoms. The number of Topliss-reactive ketones (excluding diaryl/α,β-unsaturated/α-hetero) is 1. The van der Waals surface area contributed by atoms with Gasteiger partial charge in [0.15, 0.2) is 5.78 Å². The number of carbonyl (C=O) groups excluding carboxylic acids is 1. The Morgan fingerprint density at radius 3 is 3.00 bits per heavy atom. The third-order valence-electron chi connectivity index (χ3n) is 3.72. The number of hydrogen-bond donors (Lipinski definition) is 0. The lowest BCUT2D eigenvalue weighted by molar-refractivity contribution is 0.0782. The summed E-state index contributed by atoms with van der Waals surface area (Å²) >= 11 is 4.95. The first-order valence-electron chi connectivity index (χ1n) is 6.10. The molecule has 0 aromatic carbocycles. The Kier molecular flexibility index (Phi) is 4.39. The molecule has 1 fully saturated rings. The normalized spacial score (nSPS) is 26.1. The van der Waals surface area contributed by atoms with Crippen molar-refractivity contribution in [3.05, 3.63) is 20.8 Å². The summed E-state index contributed by atoms with van der Waals surface area (Å²) in [6, 6.07) is 2.46. The third kappa shape index (κ3) is 2.98. The molecule has 1 aliphatic heterocycles. The first-order valence-corrected chi connectivity index (χ1v) is 7.77. The van der Waals surface area contributed by atoms with E-state index in [0.717, 1.165) is 15.9 Å². The molecule has 2 atom stereocenters. The molecule has 2 heterocycles. The van der Waals surface area contributed by atoms with Crippen molar-refractivity contribution in [2.45, 2.75) is 32.7 Å². The van der Waals surface area contributed by atoms with E-state index in [9.17, 15) is 4.79 Å². The third-order valence-corrected chi connectivity index (χ3v) is 5.60. The van der Waals surface area contributed by atoms with Gasteiger partial charge in [-0.25, -0.2) is 0 Å². The van der Waals surface area contributed by atoms with Crippen molar-refractivity contribution >= 4 is 33.0 Å². The van der Waals surface area contributed by atoms with E-state index in [-0.39, 0.29) is 5.78 Å². The molecule has 1 saturated heterocycles. The lowest BCUT2D eigenvalue weighted by Crippen LogP contribution is -2.44. The molecule has 17 heavy (non-hydrogen) atoms. The van der Waals surface area contributed by atoms with Crippen LogP contribution in [0.1, 0.15) is 36.4 Å². The van der Waals surface area contributed by atoms with Crippen molar-refractivity contribution in [2.24, 2.45) is 5.92 Å². The highest BCUT2D eigenvalue weighted by atomic mass is 79.9. The van der Waals surface area contributed by atoms with E-state index in [1.54, 1.807) is 0 Å². The number of ketones is 1. The van der Waals surface area contributed by atoms with Gasteiger partial charge in [0.1, 0.15) is 0 Å². The fraction of sp³-hybridized carbons (Fsp3) is 0.615. The zero-order valence-corrected chi connectivity index (χ0v) is 12.7. The lowest BCUT2D eigenvalue weighted by atomic mass is 9.92. The van der Waals surface area contributed by atoms with Crippen LogP contribution in [0.4, 0.5) is 0 Å². The van der Waals surface area contributed by atoms with E-state index in [1.165, 1.54) is 24.2 Å². The number of piperidine rings is 1. The van der Waals surface area contributed by atoms with E-state index in [4.69, 9.17) is 0 Å². The van der Waals surface area contributed by atoms with Crippen molar-refractivity contribution in [1.82, 2.24) is 4.90 Å². The maximum Gasteiger partial charge on any atom is 0.187 e. The molecule has 1 aromatic rings. The van der Waals surface area contributed by atoms with Crippen molar-refractivity contribution in [1.29, 1.82) is 0 Å². The summed E-state index contributed by atoms with van der Waals surface area (Å²) in [4.78, 5) is 15.4. The Labute approximate surface area is 115 Å². The molecule has 0 N–H and O–H groups in total. The van der Waals surface area contributed by atoms with Crippen LogP contribution in [0.2, 0.25) is 0 Å². The van der Waals surface area contributed by atoms with Gasteiger partial charge in [0.25, 0.3) is 0 Å². The van der Waals surface area contributed by atoms with Crippen molar-refractivity contribution in [3.8, 4) is 0 Å². The van der Waals surface area contributed by atoms with Crippen LogP contribution in [0, 0.1) is 5.92 Å². The highest BCUT2D eigenvalue weighted by molar-refractivity contribution is 9.10. The minimum absolute atomic E-state index is 0.243. The monoisotopic (exact) mass is 315 g/mol. The van der Waals surface area contributed by atoms with Crippen molar-refractivity contribution in [3.63, 3.8) is 0 Å². The number of thiophene rings is 1. The summed E-state index contributed by atoms with van der Waals surface area (Å²) in [6.45, 7) is 6.13. The van der Waals surface area contributed by atoms with E-state index < -0.39 is 0 Å². The largest absolute Gasteiger partial charge is 0.293 e. The average Bonchev–Trinajstić information content (AvgIpc) is 2.71. The van der Waals surface area contributed by atoms with Crippen LogP contribution in [-0.4, -0.2) is 29.8 Å². The van der Waals surface area contributed by atoms with Gasteiger partial charge in [-0.05, 0) is 59.6 Å². The maximum absolute atomic E-state index is 12.2. The molecule has 2 rings (SSSR count). The maximum atomic E-state index is 12.2. The first-order chi connectivity index (χ1) is 8.09. The van der Waals surface area contributed by atoms with Crippen LogP contribution in [0.3, 0.4) is 0 Å². The number of likely N-dealkylation sites (tertiary alicyclic amines) is 1. The Balaban J connectivity index is 2.01. The minimum atomic E-state index is 0.243. The number of carbonyl (C=O) groups is 1. The van der Waals surface area contributed by atoms with Crippen molar-refractivity contribution < 1.29 is 4.79 Å². The summed E-state index contributed by atoms with van der Waals surface area (Å²) in [5, 5.41) is 1.96. The molecule has 1 aliphatic rings. The molecule has 0 bridgehead atoms. The Bertz CT molecular complexity index is 404. The van der Waals surface area contributed by atoms with Crippen LogP contribution in [0.15, 0.2) is 15.9 Å². The van der Waals surface area contributed by atoms with Crippen molar-refractivity contribution in [2.75, 3.05) is 13.1 Å². The predicted molar refractivity (Wildman–Crippen MR) is 75.8 cm³/mol. The second-order valence-corrected chi connectivity index (χ2v) is 6.62. The summed E-state index contributed by atoms with van der Waals surface area (Å²) < 4.78 is 0.935. The van der Waals surface area contributed by atoms with Gasteiger partial charge in [-0.15, -0.1) is 11.3 Å². The van der Waals surface area contributed by atoms with Gasteiger partial charge < -0.3 is 0 Å². The van der Waals surface area contributed by atoms with Gasteiger partial charge in [-0.2, -0.15) is 0 Å². The summed E-state index contributed by atoms with van der Waals surface area (Å²) in [5.41, 5.74) is 0. The summed E-state index contributed by atoms with van der Waals surface area (Å²) in [5.74, 6) is 0.941. The molecular weight excluding hydrogens is 298 g/mol. The number of rotatable bonds is 3. The quantitative estimate of drug-likeness (QED) is 0.790. The second-order valence-electron chi connectivity index (χ2n) is 4.85. The molecule has 4 heteroatoms. The Morgan fingerprint density at radius 1 is 1.59 bits per heavy atom. The minimum Gasteiger partial charge on any atom is -0.293 e. The van der Waals surface area contributed by atoms with Crippen LogP contribution in [0.5, 0.6) is 0 Å². The SMILES string of the molecule is CC1CCCN(CC(=O)c2sccc2Br)C1C. The van der Waals surface area contributed by atoms with Gasteiger partial charge >= 0.3 is 0 Å². The molecule has 0 saturated carbocycles. The lowest BCUT2D eigenvalue weighted by Gasteiger charge is -2.37. The van der Waals surface area contributed by atoms with Gasteiger partial charge in [0, 0.05) is 10.5 Å². The Hall–Kier alpha value is -0.190. The molecule has 0 amide bonds. The number of hydrogen-bond acceptors (Lipinski definition) is 3. The number of halogens is 1. The zero-order chi connectivity index (χ0) is 12.4. The zero-order valence-electron chi connectivity index (χ0n) is 10.3. The molecule has 1 aromatic heterocycles. The smallest absolute Gasteiger partial charge is 0.187 e. The summed E-state index contributed by atoms with van der Waals surface area (Å²) in [6.07, 6.45) is 2.50.